The Hall–Kier alpha value is -2.94. The Labute approximate surface area is 179 Å². The van der Waals surface area contributed by atoms with Gasteiger partial charge in [0.2, 0.25) is 11.1 Å². The van der Waals surface area contributed by atoms with Crippen LogP contribution in [0.5, 0.6) is 0 Å². The number of methoxy groups -OCH3 is 1. The minimum Gasteiger partial charge on any atom is -0.467 e. The molecule has 3 rings (SSSR count). The van der Waals surface area contributed by atoms with E-state index in [1.165, 1.54) is 18.9 Å². The van der Waals surface area contributed by atoms with Crippen LogP contribution in [0.4, 0.5) is 0 Å². The maximum atomic E-state index is 12.4. The minimum absolute atomic E-state index is 0.0699. The molecule has 9 heteroatoms. The summed E-state index contributed by atoms with van der Waals surface area (Å²) >= 11 is 1.17. The molecule has 2 heterocycles. The number of esters is 1. The first-order valence-electron chi connectivity index (χ1n) is 9.67. The summed E-state index contributed by atoms with van der Waals surface area (Å²) in [5, 5.41) is 12.6. The summed E-state index contributed by atoms with van der Waals surface area (Å²) in [6.07, 6.45) is 2.31. The van der Waals surface area contributed by atoms with Crippen molar-refractivity contribution in [3.05, 3.63) is 36.9 Å². The lowest BCUT2D eigenvalue weighted by Gasteiger charge is -2.18. The summed E-state index contributed by atoms with van der Waals surface area (Å²) in [7, 11) is 1.31. The number of para-hydroxylation sites is 1. The van der Waals surface area contributed by atoms with Gasteiger partial charge in [0.15, 0.2) is 5.65 Å². The number of rotatable bonds is 9. The molecule has 0 unspecified atom stereocenters. The van der Waals surface area contributed by atoms with Gasteiger partial charge in [0.25, 0.3) is 0 Å². The molecule has 1 N–H and O–H groups in total. The normalized spacial score (nSPS) is 12.3. The summed E-state index contributed by atoms with van der Waals surface area (Å²) in [6.45, 7) is 8.37. The van der Waals surface area contributed by atoms with E-state index in [1.54, 1.807) is 6.08 Å². The standard InChI is InChI=1S/C21H25N5O3S/c1-5-10-26-16-9-7-6-8-14(16)18-19(26)23-21(25-24-18)30-12-17(27)22-15(11-13(2)3)20(28)29-4/h5-9,13,15H,1,10-12H2,2-4H3,(H,22,27)/t15-/m1/s1. The van der Waals surface area contributed by atoms with Gasteiger partial charge in [-0.15, -0.1) is 16.8 Å². The van der Waals surface area contributed by atoms with Gasteiger partial charge >= 0.3 is 5.97 Å². The number of amides is 1. The maximum absolute atomic E-state index is 12.4. The lowest BCUT2D eigenvalue weighted by atomic mass is 10.0. The van der Waals surface area contributed by atoms with E-state index in [0.29, 0.717) is 29.3 Å². The quantitative estimate of drug-likeness (QED) is 0.318. The highest BCUT2D eigenvalue weighted by atomic mass is 32.2. The zero-order valence-corrected chi connectivity index (χ0v) is 18.1. The number of nitrogens with one attached hydrogen (secondary N) is 1. The molecule has 2 aromatic heterocycles. The molecule has 0 spiro atoms. The van der Waals surface area contributed by atoms with Gasteiger partial charge in [0, 0.05) is 11.9 Å². The van der Waals surface area contributed by atoms with E-state index in [-0.39, 0.29) is 17.6 Å². The number of allylic oxidation sites excluding steroid dienone is 1. The van der Waals surface area contributed by atoms with E-state index < -0.39 is 12.0 Å². The molecule has 0 aliphatic carbocycles. The zero-order valence-electron chi connectivity index (χ0n) is 17.3. The van der Waals surface area contributed by atoms with Gasteiger partial charge in [-0.05, 0) is 18.4 Å². The smallest absolute Gasteiger partial charge is 0.328 e. The largest absolute Gasteiger partial charge is 0.467 e. The summed E-state index contributed by atoms with van der Waals surface area (Å²) in [5.41, 5.74) is 2.41. The van der Waals surface area contributed by atoms with Gasteiger partial charge in [0.05, 0.1) is 18.4 Å². The van der Waals surface area contributed by atoms with Crippen molar-refractivity contribution >= 4 is 45.7 Å². The molecule has 0 saturated carbocycles. The SMILES string of the molecule is C=CCn1c2ccccc2c2nnc(SCC(=O)N[C@H](CC(C)C)C(=O)OC)nc21. The number of thioether (sulfide) groups is 1. The molecule has 1 amide bonds. The van der Waals surface area contributed by atoms with E-state index in [4.69, 9.17) is 4.74 Å². The summed E-state index contributed by atoms with van der Waals surface area (Å²) in [6, 6.07) is 7.23. The lowest BCUT2D eigenvalue weighted by molar-refractivity contribution is -0.145. The van der Waals surface area contributed by atoms with Crippen molar-refractivity contribution in [1.29, 1.82) is 0 Å². The Bertz CT molecular complexity index is 1080. The van der Waals surface area contributed by atoms with Crippen LogP contribution in [0.3, 0.4) is 0 Å². The van der Waals surface area contributed by atoms with E-state index in [1.807, 2.05) is 42.7 Å². The predicted octanol–water partition coefficient (Wildman–Crippen LogP) is 2.96. The van der Waals surface area contributed by atoms with Gasteiger partial charge < -0.3 is 14.6 Å². The number of nitrogens with zero attached hydrogens (tertiary/aromatic N) is 4. The second kappa shape index (κ2) is 9.71. The minimum atomic E-state index is -0.667. The van der Waals surface area contributed by atoms with Crippen LogP contribution < -0.4 is 5.32 Å². The maximum Gasteiger partial charge on any atom is 0.328 e. The molecular formula is C21H25N5O3S. The fraction of sp³-hybridized carbons (Fsp3) is 0.381. The number of carbonyl (C=O) groups excluding carboxylic acids is 2. The van der Waals surface area contributed by atoms with Crippen molar-refractivity contribution in [2.24, 2.45) is 5.92 Å². The third kappa shape index (κ3) is 4.79. The number of carbonyl (C=O) groups is 2. The highest BCUT2D eigenvalue weighted by Gasteiger charge is 2.23. The molecule has 3 aromatic rings. The van der Waals surface area contributed by atoms with Crippen LogP contribution in [-0.2, 0) is 20.9 Å². The van der Waals surface area contributed by atoms with Crippen molar-refractivity contribution in [2.75, 3.05) is 12.9 Å². The molecule has 8 nitrogen and oxygen atoms in total. The van der Waals surface area contributed by atoms with Crippen LogP contribution in [0.25, 0.3) is 22.1 Å². The van der Waals surface area contributed by atoms with Crippen LogP contribution in [0, 0.1) is 5.92 Å². The summed E-state index contributed by atoms with van der Waals surface area (Å²) in [4.78, 5) is 28.9. The van der Waals surface area contributed by atoms with Crippen molar-refractivity contribution in [2.45, 2.75) is 38.0 Å². The van der Waals surface area contributed by atoms with Gasteiger partial charge in [-0.1, -0.05) is 49.9 Å². The molecule has 0 bridgehead atoms. The van der Waals surface area contributed by atoms with Crippen LogP contribution in [0.2, 0.25) is 0 Å². The Kier molecular flexibility index (Phi) is 7.04. The molecule has 0 saturated heterocycles. The number of hydrogen-bond donors (Lipinski definition) is 1. The molecule has 0 aliphatic heterocycles. The van der Waals surface area contributed by atoms with Crippen molar-refractivity contribution < 1.29 is 14.3 Å². The topological polar surface area (TPSA) is 99.0 Å². The van der Waals surface area contributed by atoms with E-state index in [2.05, 4.69) is 27.1 Å². The van der Waals surface area contributed by atoms with Gasteiger partial charge in [-0.2, -0.15) is 0 Å². The van der Waals surface area contributed by atoms with Crippen LogP contribution in [0.1, 0.15) is 20.3 Å². The van der Waals surface area contributed by atoms with E-state index in [0.717, 1.165) is 10.9 Å². The van der Waals surface area contributed by atoms with Gasteiger partial charge in [-0.3, -0.25) is 4.79 Å². The third-order valence-corrected chi connectivity index (χ3v) is 5.36. The first-order chi connectivity index (χ1) is 14.4. The lowest BCUT2D eigenvalue weighted by Crippen LogP contribution is -2.43. The molecule has 1 atom stereocenters. The molecule has 0 aliphatic rings. The predicted molar refractivity (Wildman–Crippen MR) is 117 cm³/mol. The van der Waals surface area contributed by atoms with Crippen molar-refractivity contribution in [3.8, 4) is 0 Å². The fourth-order valence-electron chi connectivity index (χ4n) is 3.26. The van der Waals surface area contributed by atoms with Crippen molar-refractivity contribution in [3.63, 3.8) is 0 Å². The Morgan fingerprint density at radius 1 is 1.30 bits per heavy atom. The van der Waals surface area contributed by atoms with Crippen LogP contribution >= 0.6 is 11.8 Å². The van der Waals surface area contributed by atoms with Crippen LogP contribution in [-0.4, -0.2) is 50.5 Å². The van der Waals surface area contributed by atoms with E-state index in [9.17, 15) is 9.59 Å². The number of ether oxygens (including phenoxy) is 1. The average molecular weight is 428 g/mol. The van der Waals surface area contributed by atoms with Crippen LogP contribution in [0.15, 0.2) is 42.1 Å². The van der Waals surface area contributed by atoms with Crippen molar-refractivity contribution in [1.82, 2.24) is 25.1 Å². The zero-order chi connectivity index (χ0) is 21.7. The Balaban J connectivity index is 1.77. The third-order valence-electron chi connectivity index (χ3n) is 4.53. The van der Waals surface area contributed by atoms with E-state index >= 15 is 0 Å². The van der Waals surface area contributed by atoms with Gasteiger partial charge in [-0.25, -0.2) is 9.78 Å². The Morgan fingerprint density at radius 3 is 2.77 bits per heavy atom. The second-order valence-corrected chi connectivity index (χ2v) is 8.19. The highest BCUT2D eigenvalue weighted by molar-refractivity contribution is 7.99. The molecule has 30 heavy (non-hydrogen) atoms. The molecule has 0 radical (unpaired) electrons. The molecule has 0 fully saturated rings. The molecule has 158 valence electrons. The summed E-state index contributed by atoms with van der Waals surface area (Å²) in [5.74, 6) is -0.425. The fourth-order valence-corrected chi connectivity index (χ4v) is 3.85. The first-order valence-corrected chi connectivity index (χ1v) is 10.7. The number of fused-ring (bicyclic) bond motifs is 3. The molecule has 1 aromatic carbocycles. The second-order valence-electron chi connectivity index (χ2n) is 7.24. The molecular weight excluding hydrogens is 402 g/mol. The first kappa shape index (κ1) is 21.8. The number of aromatic nitrogens is 4. The summed E-state index contributed by atoms with van der Waals surface area (Å²) < 4.78 is 6.80. The Morgan fingerprint density at radius 2 is 2.07 bits per heavy atom. The highest BCUT2D eigenvalue weighted by Crippen LogP contribution is 2.27. The average Bonchev–Trinajstić information content (AvgIpc) is 3.04. The number of benzene rings is 1. The monoisotopic (exact) mass is 427 g/mol. The number of hydrogen-bond acceptors (Lipinski definition) is 7. The van der Waals surface area contributed by atoms with Gasteiger partial charge in [0.1, 0.15) is 11.6 Å².